The quantitative estimate of drug-likeness (QED) is 0.763. The molecule has 0 saturated heterocycles. The summed E-state index contributed by atoms with van der Waals surface area (Å²) >= 11 is 0. The van der Waals surface area contributed by atoms with Crippen LogP contribution in [0.1, 0.15) is 25.3 Å². The Bertz CT molecular complexity index is 577. The van der Waals surface area contributed by atoms with E-state index in [9.17, 15) is 4.39 Å². The molecule has 0 spiro atoms. The molecular weight excluding hydrogens is 239 g/mol. The van der Waals surface area contributed by atoms with Crippen molar-refractivity contribution < 1.29 is 9.13 Å². The van der Waals surface area contributed by atoms with Crippen LogP contribution in [0.25, 0.3) is 11.1 Å². The average Bonchev–Trinajstić information content (AvgIpc) is 2.47. The molecule has 0 radical (unpaired) electrons. The van der Waals surface area contributed by atoms with E-state index in [-0.39, 0.29) is 11.9 Å². The molecular formula is C17H17FO. The van der Waals surface area contributed by atoms with E-state index in [0.717, 1.165) is 41.7 Å². The Balaban J connectivity index is 2.12. The van der Waals surface area contributed by atoms with Crippen LogP contribution < -0.4 is 4.74 Å². The van der Waals surface area contributed by atoms with Gasteiger partial charge in [0.2, 0.25) is 0 Å². The number of fused-ring (bicyclic) bond motifs is 1. The van der Waals surface area contributed by atoms with E-state index in [1.54, 1.807) is 12.1 Å². The normalized spacial score (nSPS) is 17.7. The van der Waals surface area contributed by atoms with Crippen LogP contribution in [-0.2, 0) is 6.42 Å². The first-order chi connectivity index (χ1) is 9.28. The molecule has 1 atom stereocenters. The molecule has 0 saturated carbocycles. The Labute approximate surface area is 113 Å². The summed E-state index contributed by atoms with van der Waals surface area (Å²) in [5.74, 6) is 0.682. The molecule has 0 bridgehead atoms. The molecule has 98 valence electrons. The summed E-state index contributed by atoms with van der Waals surface area (Å²) in [6, 6.07) is 13.1. The maximum Gasteiger partial charge on any atom is 0.130 e. The van der Waals surface area contributed by atoms with Gasteiger partial charge in [0.1, 0.15) is 11.6 Å². The van der Waals surface area contributed by atoms with Crippen LogP contribution in [0.3, 0.4) is 0 Å². The van der Waals surface area contributed by atoms with Crippen LogP contribution in [0.15, 0.2) is 42.5 Å². The van der Waals surface area contributed by atoms with Gasteiger partial charge in [0, 0.05) is 5.56 Å². The van der Waals surface area contributed by atoms with Crippen molar-refractivity contribution in [3.63, 3.8) is 0 Å². The second-order valence-corrected chi connectivity index (χ2v) is 4.99. The molecule has 2 aromatic carbocycles. The minimum absolute atomic E-state index is 0.184. The SMILES string of the molecule is CC[C@H]1CCc2cc(F)cc(-c3ccccc3)c2O1. The van der Waals surface area contributed by atoms with Gasteiger partial charge in [0.15, 0.2) is 0 Å². The fourth-order valence-electron chi connectivity index (χ4n) is 2.64. The summed E-state index contributed by atoms with van der Waals surface area (Å²) in [6.45, 7) is 2.13. The van der Waals surface area contributed by atoms with Crippen molar-refractivity contribution in [2.45, 2.75) is 32.3 Å². The number of halogens is 1. The first-order valence-electron chi connectivity index (χ1n) is 6.82. The van der Waals surface area contributed by atoms with E-state index in [2.05, 4.69) is 6.92 Å². The van der Waals surface area contributed by atoms with Crippen molar-refractivity contribution in [2.24, 2.45) is 0 Å². The maximum atomic E-state index is 13.8. The van der Waals surface area contributed by atoms with Gasteiger partial charge in [-0.3, -0.25) is 0 Å². The Hall–Kier alpha value is -1.83. The van der Waals surface area contributed by atoms with Crippen LogP contribution in [0.4, 0.5) is 4.39 Å². The van der Waals surface area contributed by atoms with Gasteiger partial charge in [-0.15, -0.1) is 0 Å². The second kappa shape index (κ2) is 5.04. The minimum atomic E-state index is -0.184. The molecule has 1 aliphatic rings. The lowest BCUT2D eigenvalue weighted by atomic mass is 9.95. The number of hydrogen-bond acceptors (Lipinski definition) is 1. The zero-order chi connectivity index (χ0) is 13.2. The smallest absolute Gasteiger partial charge is 0.130 e. The molecule has 1 aliphatic heterocycles. The molecule has 1 nitrogen and oxygen atoms in total. The molecule has 2 heteroatoms. The summed E-state index contributed by atoms with van der Waals surface area (Å²) in [5.41, 5.74) is 2.87. The number of hydrogen-bond donors (Lipinski definition) is 0. The number of rotatable bonds is 2. The van der Waals surface area contributed by atoms with Crippen molar-refractivity contribution >= 4 is 0 Å². The highest BCUT2D eigenvalue weighted by Crippen LogP contribution is 2.38. The molecule has 19 heavy (non-hydrogen) atoms. The summed E-state index contributed by atoms with van der Waals surface area (Å²) in [4.78, 5) is 0. The second-order valence-electron chi connectivity index (χ2n) is 4.99. The molecule has 0 unspecified atom stereocenters. The van der Waals surface area contributed by atoms with Crippen molar-refractivity contribution in [2.75, 3.05) is 0 Å². The summed E-state index contributed by atoms with van der Waals surface area (Å²) in [5, 5.41) is 0. The van der Waals surface area contributed by atoms with Gasteiger partial charge in [-0.25, -0.2) is 4.39 Å². The molecule has 0 N–H and O–H groups in total. The standard InChI is InChI=1S/C17H17FO/c1-2-15-9-8-13-10-14(18)11-16(17(13)19-15)12-6-4-3-5-7-12/h3-7,10-11,15H,2,8-9H2,1H3/t15-/m0/s1. The first-order valence-corrected chi connectivity index (χ1v) is 6.82. The van der Waals surface area contributed by atoms with E-state index >= 15 is 0 Å². The van der Waals surface area contributed by atoms with Crippen LogP contribution in [-0.4, -0.2) is 6.10 Å². The van der Waals surface area contributed by atoms with Gasteiger partial charge < -0.3 is 4.74 Å². The number of benzene rings is 2. The molecule has 1 heterocycles. The predicted octanol–water partition coefficient (Wildman–Crippen LogP) is 4.60. The van der Waals surface area contributed by atoms with Gasteiger partial charge in [-0.2, -0.15) is 0 Å². The lowest BCUT2D eigenvalue weighted by Gasteiger charge is -2.27. The third-order valence-corrected chi connectivity index (χ3v) is 3.69. The highest BCUT2D eigenvalue weighted by atomic mass is 19.1. The lowest BCUT2D eigenvalue weighted by molar-refractivity contribution is 0.170. The summed E-state index contributed by atoms with van der Waals surface area (Å²) in [6.07, 6.45) is 3.11. The summed E-state index contributed by atoms with van der Waals surface area (Å²) in [7, 11) is 0. The van der Waals surface area contributed by atoms with Crippen LogP contribution in [0.2, 0.25) is 0 Å². The molecule has 3 rings (SSSR count). The van der Waals surface area contributed by atoms with Crippen LogP contribution >= 0.6 is 0 Å². The topological polar surface area (TPSA) is 9.23 Å². The largest absolute Gasteiger partial charge is 0.489 e. The molecule has 0 aromatic heterocycles. The van der Waals surface area contributed by atoms with Crippen molar-refractivity contribution in [1.29, 1.82) is 0 Å². The maximum absolute atomic E-state index is 13.8. The van der Waals surface area contributed by atoms with Crippen LogP contribution in [0, 0.1) is 5.82 Å². The third kappa shape index (κ3) is 2.35. The Morgan fingerprint density at radius 3 is 2.74 bits per heavy atom. The molecule has 0 amide bonds. The van der Waals surface area contributed by atoms with E-state index in [1.807, 2.05) is 30.3 Å². The van der Waals surface area contributed by atoms with Gasteiger partial charge >= 0.3 is 0 Å². The van der Waals surface area contributed by atoms with Crippen molar-refractivity contribution in [3.05, 3.63) is 53.8 Å². The fourth-order valence-corrected chi connectivity index (χ4v) is 2.64. The van der Waals surface area contributed by atoms with E-state index in [4.69, 9.17) is 4.74 Å². The number of aryl methyl sites for hydroxylation is 1. The highest BCUT2D eigenvalue weighted by Gasteiger charge is 2.22. The van der Waals surface area contributed by atoms with E-state index < -0.39 is 0 Å². The Morgan fingerprint density at radius 1 is 1.21 bits per heavy atom. The van der Waals surface area contributed by atoms with Gasteiger partial charge in [0.25, 0.3) is 0 Å². The minimum Gasteiger partial charge on any atom is -0.489 e. The van der Waals surface area contributed by atoms with Gasteiger partial charge in [-0.05, 0) is 42.5 Å². The van der Waals surface area contributed by atoms with Gasteiger partial charge in [0.05, 0.1) is 6.10 Å². The monoisotopic (exact) mass is 256 g/mol. The van der Waals surface area contributed by atoms with Crippen LogP contribution in [0.5, 0.6) is 5.75 Å². The van der Waals surface area contributed by atoms with E-state index in [0.29, 0.717) is 0 Å². The molecule has 0 fully saturated rings. The predicted molar refractivity (Wildman–Crippen MR) is 74.9 cm³/mol. The molecule has 2 aromatic rings. The number of ether oxygens (including phenoxy) is 1. The fraction of sp³-hybridized carbons (Fsp3) is 0.294. The third-order valence-electron chi connectivity index (χ3n) is 3.69. The van der Waals surface area contributed by atoms with Crippen molar-refractivity contribution in [3.8, 4) is 16.9 Å². The lowest BCUT2D eigenvalue weighted by Crippen LogP contribution is -2.22. The Kier molecular flexibility index (Phi) is 3.24. The van der Waals surface area contributed by atoms with Gasteiger partial charge in [-0.1, -0.05) is 37.3 Å². The zero-order valence-corrected chi connectivity index (χ0v) is 11.0. The Morgan fingerprint density at radius 2 is 2.00 bits per heavy atom. The summed E-state index contributed by atoms with van der Waals surface area (Å²) < 4.78 is 19.8. The average molecular weight is 256 g/mol. The first kappa shape index (κ1) is 12.2. The highest BCUT2D eigenvalue weighted by molar-refractivity contribution is 5.72. The van der Waals surface area contributed by atoms with Crippen molar-refractivity contribution in [1.82, 2.24) is 0 Å². The zero-order valence-electron chi connectivity index (χ0n) is 11.0. The van der Waals surface area contributed by atoms with E-state index in [1.165, 1.54) is 0 Å². The molecule has 0 aliphatic carbocycles.